The molecule has 2 saturated heterocycles. The van der Waals surface area contributed by atoms with Crippen LogP contribution in [0.25, 0.3) is 0 Å². The summed E-state index contributed by atoms with van der Waals surface area (Å²) in [5.41, 5.74) is 0.596. The fourth-order valence-corrected chi connectivity index (χ4v) is 5.92. The first kappa shape index (κ1) is 19.8. The number of fused-ring (bicyclic) bond motifs is 1. The van der Waals surface area contributed by atoms with E-state index in [9.17, 15) is 22.8 Å². The Morgan fingerprint density at radius 3 is 2.45 bits per heavy atom. The van der Waals surface area contributed by atoms with Gasteiger partial charge < -0.3 is 10.2 Å². The summed E-state index contributed by atoms with van der Waals surface area (Å²) < 4.78 is 27.6. The van der Waals surface area contributed by atoms with E-state index in [0.717, 1.165) is 11.3 Å². The maximum absolute atomic E-state index is 13.1. The van der Waals surface area contributed by atoms with Gasteiger partial charge in [0.15, 0.2) is 0 Å². The van der Waals surface area contributed by atoms with Gasteiger partial charge in [-0.1, -0.05) is 0 Å². The summed E-state index contributed by atoms with van der Waals surface area (Å²) in [7, 11) is -3.73. The Hall–Kier alpha value is -2.46. The number of hydrogen-bond acceptors (Lipinski definition) is 5. The number of imide groups is 1. The Kier molecular flexibility index (Phi) is 4.66. The summed E-state index contributed by atoms with van der Waals surface area (Å²) in [5, 5.41) is 2.76. The monoisotopic (exact) mass is 420 g/mol. The van der Waals surface area contributed by atoms with Gasteiger partial charge in [0, 0.05) is 38.8 Å². The minimum Gasteiger partial charge on any atom is -0.323 e. The molecule has 1 spiro atoms. The Morgan fingerprint density at radius 2 is 1.86 bits per heavy atom. The highest BCUT2D eigenvalue weighted by Gasteiger charge is 2.52. The van der Waals surface area contributed by atoms with Crippen molar-refractivity contribution in [2.75, 3.05) is 31.1 Å². The molecule has 1 aromatic rings. The number of anilines is 1. The number of carbonyl (C=O) groups is 3. The van der Waals surface area contributed by atoms with Crippen LogP contribution in [0.1, 0.15) is 32.3 Å². The average Bonchev–Trinajstić information content (AvgIpc) is 3.21. The Labute approximate surface area is 169 Å². The quantitative estimate of drug-likeness (QED) is 0.724. The third-order valence-electron chi connectivity index (χ3n) is 6.10. The molecule has 0 aromatic heterocycles. The molecule has 9 nitrogen and oxygen atoms in total. The summed E-state index contributed by atoms with van der Waals surface area (Å²) in [5.74, 6) is -0.339. The Bertz CT molecular complexity index is 998. The number of benzene rings is 1. The van der Waals surface area contributed by atoms with Gasteiger partial charge in [0.2, 0.25) is 15.9 Å². The number of piperidine rings is 1. The molecular formula is C19H24N4O5S. The lowest BCUT2D eigenvalue weighted by Crippen LogP contribution is -2.55. The molecule has 3 heterocycles. The third-order valence-corrected chi connectivity index (χ3v) is 8.00. The second kappa shape index (κ2) is 6.81. The molecular weight excluding hydrogens is 396 g/mol. The summed E-state index contributed by atoms with van der Waals surface area (Å²) in [4.78, 5) is 39.3. The maximum Gasteiger partial charge on any atom is 0.325 e. The predicted octanol–water partition coefficient (Wildman–Crippen LogP) is 0.691. The highest BCUT2D eigenvalue weighted by molar-refractivity contribution is 7.89. The van der Waals surface area contributed by atoms with E-state index >= 15 is 0 Å². The van der Waals surface area contributed by atoms with E-state index in [1.54, 1.807) is 24.0 Å². The van der Waals surface area contributed by atoms with Crippen LogP contribution in [0.4, 0.5) is 10.5 Å². The molecule has 10 heteroatoms. The molecule has 1 N–H and O–H groups in total. The number of hydrogen-bond donors (Lipinski definition) is 1. The third kappa shape index (κ3) is 3.01. The smallest absolute Gasteiger partial charge is 0.323 e. The van der Waals surface area contributed by atoms with Crippen molar-refractivity contribution in [3.8, 4) is 0 Å². The first-order valence-electron chi connectivity index (χ1n) is 9.75. The van der Waals surface area contributed by atoms with Gasteiger partial charge in [-0.25, -0.2) is 13.2 Å². The summed E-state index contributed by atoms with van der Waals surface area (Å²) in [6.45, 7) is 4.38. The normalized spacial score (nSPS) is 21.6. The van der Waals surface area contributed by atoms with Crippen LogP contribution in [0.3, 0.4) is 0 Å². The topological polar surface area (TPSA) is 107 Å². The van der Waals surface area contributed by atoms with Crippen LogP contribution in [0, 0.1) is 0 Å². The molecule has 0 atom stereocenters. The molecule has 1 aromatic carbocycles. The maximum atomic E-state index is 13.1. The van der Waals surface area contributed by atoms with E-state index in [1.165, 1.54) is 22.2 Å². The standard InChI is InChI=1S/C19H24N4O5S/c1-3-22-17(25)19(20-18(22)26)7-10-21(11-8-19)29(27,28)15-4-5-16-14(12-15)6-9-23(16)13(2)24/h4-5,12H,3,6-11H2,1-2H3,(H,20,26). The van der Waals surface area contributed by atoms with Gasteiger partial charge in [-0.15, -0.1) is 0 Å². The number of nitrogens with zero attached hydrogens (tertiary/aromatic N) is 3. The fourth-order valence-electron chi connectivity index (χ4n) is 4.43. The molecule has 0 aliphatic carbocycles. The molecule has 156 valence electrons. The van der Waals surface area contributed by atoms with Crippen LogP contribution in [-0.2, 0) is 26.0 Å². The SMILES string of the molecule is CCN1C(=O)NC2(CCN(S(=O)(=O)c3ccc4c(c3)CCN4C(C)=O)CC2)C1=O. The Balaban J connectivity index is 1.53. The number of rotatable bonds is 3. The van der Waals surface area contributed by atoms with Crippen LogP contribution >= 0.6 is 0 Å². The van der Waals surface area contributed by atoms with Gasteiger partial charge in [0.1, 0.15) is 5.54 Å². The molecule has 29 heavy (non-hydrogen) atoms. The van der Waals surface area contributed by atoms with Crippen molar-refractivity contribution in [1.29, 1.82) is 0 Å². The van der Waals surface area contributed by atoms with Gasteiger partial charge in [0.05, 0.1) is 4.90 Å². The lowest BCUT2D eigenvalue weighted by atomic mass is 9.88. The largest absolute Gasteiger partial charge is 0.325 e. The van der Waals surface area contributed by atoms with Crippen molar-refractivity contribution >= 4 is 33.6 Å². The van der Waals surface area contributed by atoms with Crippen molar-refractivity contribution in [3.05, 3.63) is 23.8 Å². The molecule has 3 aliphatic heterocycles. The number of urea groups is 1. The number of carbonyl (C=O) groups excluding carboxylic acids is 3. The summed E-state index contributed by atoms with van der Waals surface area (Å²) in [6, 6.07) is 4.44. The number of nitrogens with one attached hydrogen (secondary N) is 1. The lowest BCUT2D eigenvalue weighted by molar-refractivity contribution is -0.132. The van der Waals surface area contributed by atoms with Gasteiger partial charge in [-0.05, 0) is 49.9 Å². The molecule has 3 aliphatic rings. The number of likely N-dealkylation sites (N-methyl/N-ethyl adjacent to an activating group) is 1. The number of amides is 4. The van der Waals surface area contributed by atoms with E-state index in [-0.39, 0.29) is 42.6 Å². The van der Waals surface area contributed by atoms with Crippen LogP contribution < -0.4 is 10.2 Å². The van der Waals surface area contributed by atoms with Crippen molar-refractivity contribution in [1.82, 2.24) is 14.5 Å². The molecule has 0 bridgehead atoms. The van der Waals surface area contributed by atoms with Crippen molar-refractivity contribution < 1.29 is 22.8 Å². The zero-order valence-corrected chi connectivity index (χ0v) is 17.3. The number of sulfonamides is 1. The van der Waals surface area contributed by atoms with Crippen LogP contribution in [0.5, 0.6) is 0 Å². The molecule has 0 saturated carbocycles. The summed E-state index contributed by atoms with van der Waals surface area (Å²) in [6.07, 6.45) is 1.11. The van der Waals surface area contributed by atoms with Crippen LogP contribution in [0.2, 0.25) is 0 Å². The van der Waals surface area contributed by atoms with Crippen molar-refractivity contribution in [3.63, 3.8) is 0 Å². The van der Waals surface area contributed by atoms with Gasteiger partial charge in [-0.2, -0.15) is 4.31 Å². The molecule has 4 rings (SSSR count). The van der Waals surface area contributed by atoms with E-state index < -0.39 is 21.6 Å². The van der Waals surface area contributed by atoms with E-state index in [4.69, 9.17) is 0 Å². The highest BCUT2D eigenvalue weighted by atomic mass is 32.2. The highest BCUT2D eigenvalue weighted by Crippen LogP contribution is 2.34. The van der Waals surface area contributed by atoms with E-state index in [2.05, 4.69) is 5.32 Å². The van der Waals surface area contributed by atoms with Crippen LogP contribution in [-0.4, -0.2) is 67.2 Å². The van der Waals surface area contributed by atoms with Gasteiger partial charge in [-0.3, -0.25) is 14.5 Å². The van der Waals surface area contributed by atoms with E-state index in [0.29, 0.717) is 19.5 Å². The first-order valence-corrected chi connectivity index (χ1v) is 11.2. The Morgan fingerprint density at radius 1 is 1.17 bits per heavy atom. The minimum atomic E-state index is -3.73. The fraction of sp³-hybridized carbons (Fsp3) is 0.526. The van der Waals surface area contributed by atoms with Gasteiger partial charge in [0.25, 0.3) is 5.91 Å². The van der Waals surface area contributed by atoms with E-state index in [1.807, 2.05) is 0 Å². The second-order valence-electron chi connectivity index (χ2n) is 7.68. The zero-order chi connectivity index (χ0) is 21.0. The molecule has 4 amide bonds. The first-order chi connectivity index (χ1) is 13.7. The predicted molar refractivity (Wildman–Crippen MR) is 105 cm³/mol. The van der Waals surface area contributed by atoms with Crippen molar-refractivity contribution in [2.24, 2.45) is 0 Å². The molecule has 0 radical (unpaired) electrons. The lowest BCUT2D eigenvalue weighted by Gasteiger charge is -2.36. The molecule has 0 unspecified atom stereocenters. The summed E-state index contributed by atoms with van der Waals surface area (Å²) >= 11 is 0. The minimum absolute atomic E-state index is 0.0647. The molecule has 2 fully saturated rings. The zero-order valence-electron chi connectivity index (χ0n) is 16.5. The second-order valence-corrected chi connectivity index (χ2v) is 9.61. The van der Waals surface area contributed by atoms with Crippen LogP contribution in [0.15, 0.2) is 23.1 Å². The van der Waals surface area contributed by atoms with Crippen molar-refractivity contribution in [2.45, 2.75) is 43.5 Å². The van der Waals surface area contributed by atoms with Gasteiger partial charge >= 0.3 is 6.03 Å². The average molecular weight is 420 g/mol.